The van der Waals surface area contributed by atoms with Gasteiger partial charge in [-0.3, -0.25) is 0 Å². The third-order valence-electron chi connectivity index (χ3n) is 2.00. The SMILES string of the molecule is Oc1cc(Oc2nc(F)c(F)cc2OCC(F)(F)F)[nH]n1. The number of hydrogen-bond acceptors (Lipinski definition) is 5. The van der Waals surface area contributed by atoms with Gasteiger partial charge in [-0.2, -0.15) is 22.5 Å². The Kier molecular flexibility index (Phi) is 3.82. The van der Waals surface area contributed by atoms with E-state index < -0.39 is 42.1 Å². The molecule has 0 aromatic carbocycles. The number of ether oxygens (including phenoxy) is 2. The van der Waals surface area contributed by atoms with Crippen molar-refractivity contribution in [2.24, 2.45) is 0 Å². The van der Waals surface area contributed by atoms with Gasteiger partial charge in [0.25, 0.3) is 11.8 Å². The number of pyridine rings is 1. The zero-order valence-corrected chi connectivity index (χ0v) is 9.91. The van der Waals surface area contributed by atoms with E-state index in [9.17, 15) is 22.0 Å². The molecule has 0 amide bonds. The van der Waals surface area contributed by atoms with Crippen LogP contribution in [0, 0.1) is 11.8 Å². The van der Waals surface area contributed by atoms with Crippen LogP contribution in [0.25, 0.3) is 0 Å². The van der Waals surface area contributed by atoms with Crippen LogP contribution in [-0.4, -0.2) is 33.1 Å². The van der Waals surface area contributed by atoms with Crippen LogP contribution in [0.15, 0.2) is 12.1 Å². The first kappa shape index (κ1) is 14.8. The maximum absolute atomic E-state index is 13.0. The van der Waals surface area contributed by atoms with Gasteiger partial charge in [-0.15, -0.1) is 5.10 Å². The summed E-state index contributed by atoms with van der Waals surface area (Å²) >= 11 is 0. The molecule has 114 valence electrons. The van der Waals surface area contributed by atoms with Crippen molar-refractivity contribution in [3.63, 3.8) is 0 Å². The van der Waals surface area contributed by atoms with Gasteiger partial charge in [-0.25, -0.2) is 9.49 Å². The van der Waals surface area contributed by atoms with E-state index in [0.29, 0.717) is 6.07 Å². The topological polar surface area (TPSA) is 80.3 Å². The maximum Gasteiger partial charge on any atom is 0.422 e. The average molecular weight is 311 g/mol. The van der Waals surface area contributed by atoms with E-state index >= 15 is 0 Å². The van der Waals surface area contributed by atoms with Gasteiger partial charge >= 0.3 is 6.18 Å². The minimum absolute atomic E-state index is 0.261. The summed E-state index contributed by atoms with van der Waals surface area (Å²) in [4.78, 5) is 2.99. The highest BCUT2D eigenvalue weighted by Crippen LogP contribution is 2.32. The Morgan fingerprint density at radius 3 is 2.52 bits per heavy atom. The van der Waals surface area contributed by atoms with Crippen molar-refractivity contribution in [3.05, 3.63) is 23.9 Å². The summed E-state index contributed by atoms with van der Waals surface area (Å²) in [5, 5.41) is 14.3. The fourth-order valence-corrected chi connectivity index (χ4v) is 1.22. The van der Waals surface area contributed by atoms with Crippen LogP contribution in [0.1, 0.15) is 0 Å². The van der Waals surface area contributed by atoms with Crippen LogP contribution >= 0.6 is 0 Å². The van der Waals surface area contributed by atoms with Crippen LogP contribution in [0.3, 0.4) is 0 Å². The van der Waals surface area contributed by atoms with E-state index in [-0.39, 0.29) is 5.88 Å². The van der Waals surface area contributed by atoms with Crippen LogP contribution in [0.2, 0.25) is 0 Å². The summed E-state index contributed by atoms with van der Waals surface area (Å²) in [6, 6.07) is 1.30. The Labute approximate surface area is 113 Å². The molecule has 0 radical (unpaired) electrons. The Morgan fingerprint density at radius 2 is 1.95 bits per heavy atom. The fraction of sp³-hybridized carbons (Fsp3) is 0.200. The minimum Gasteiger partial charge on any atom is -0.492 e. The summed E-state index contributed by atoms with van der Waals surface area (Å²) in [6.45, 7) is -1.75. The smallest absolute Gasteiger partial charge is 0.422 e. The van der Waals surface area contributed by atoms with Crippen molar-refractivity contribution < 1.29 is 36.5 Å². The molecular weight excluding hydrogens is 305 g/mol. The molecule has 0 fully saturated rings. The predicted octanol–water partition coefficient (Wildman–Crippen LogP) is 2.52. The second-order valence-electron chi connectivity index (χ2n) is 3.66. The molecule has 0 aliphatic carbocycles. The summed E-state index contributed by atoms with van der Waals surface area (Å²) < 4.78 is 71.4. The van der Waals surface area contributed by atoms with Gasteiger partial charge in [0, 0.05) is 6.07 Å². The largest absolute Gasteiger partial charge is 0.492 e. The highest BCUT2D eigenvalue weighted by molar-refractivity contribution is 5.36. The highest BCUT2D eigenvalue weighted by Gasteiger charge is 2.29. The number of alkyl halides is 3. The van der Waals surface area contributed by atoms with Crippen molar-refractivity contribution in [2.75, 3.05) is 6.61 Å². The van der Waals surface area contributed by atoms with Gasteiger partial charge in [0.1, 0.15) is 0 Å². The monoisotopic (exact) mass is 311 g/mol. The van der Waals surface area contributed by atoms with E-state index in [0.717, 1.165) is 6.07 Å². The van der Waals surface area contributed by atoms with Gasteiger partial charge in [0.05, 0.1) is 6.07 Å². The predicted molar refractivity (Wildman–Crippen MR) is 56.0 cm³/mol. The molecular formula is C10H6F5N3O3. The van der Waals surface area contributed by atoms with Crippen molar-refractivity contribution in [1.29, 1.82) is 0 Å². The molecule has 21 heavy (non-hydrogen) atoms. The molecule has 2 aromatic rings. The van der Waals surface area contributed by atoms with Crippen LogP contribution in [0.4, 0.5) is 22.0 Å². The summed E-state index contributed by atoms with van der Waals surface area (Å²) in [7, 11) is 0. The Balaban J connectivity index is 2.27. The number of nitrogens with zero attached hydrogens (tertiary/aromatic N) is 2. The number of aromatic nitrogens is 3. The first-order valence-electron chi connectivity index (χ1n) is 5.22. The molecule has 0 aliphatic heterocycles. The number of hydrogen-bond donors (Lipinski definition) is 2. The molecule has 2 heterocycles. The average Bonchev–Trinajstić information content (AvgIpc) is 2.76. The number of rotatable bonds is 4. The first-order valence-corrected chi connectivity index (χ1v) is 5.22. The highest BCUT2D eigenvalue weighted by atomic mass is 19.4. The number of halogens is 5. The van der Waals surface area contributed by atoms with Gasteiger partial charge in [-0.1, -0.05) is 0 Å². The van der Waals surface area contributed by atoms with Crippen LogP contribution in [-0.2, 0) is 0 Å². The summed E-state index contributed by atoms with van der Waals surface area (Å²) in [5.74, 6) is -5.37. The lowest BCUT2D eigenvalue weighted by Gasteiger charge is -2.12. The normalized spacial score (nSPS) is 11.5. The molecule has 0 spiro atoms. The lowest BCUT2D eigenvalue weighted by Crippen LogP contribution is -2.19. The lowest BCUT2D eigenvalue weighted by molar-refractivity contribution is -0.153. The quantitative estimate of drug-likeness (QED) is 0.670. The summed E-state index contributed by atoms with van der Waals surface area (Å²) in [5.41, 5.74) is 0. The zero-order valence-electron chi connectivity index (χ0n) is 9.91. The van der Waals surface area contributed by atoms with E-state index in [4.69, 9.17) is 9.84 Å². The second-order valence-corrected chi connectivity index (χ2v) is 3.66. The van der Waals surface area contributed by atoms with Gasteiger partial charge in [0.15, 0.2) is 18.2 Å². The molecule has 0 bridgehead atoms. The Morgan fingerprint density at radius 1 is 1.24 bits per heavy atom. The van der Waals surface area contributed by atoms with Crippen molar-refractivity contribution in [2.45, 2.75) is 6.18 Å². The third kappa shape index (κ3) is 3.94. The Hall–Kier alpha value is -2.59. The molecule has 2 aromatic heterocycles. The van der Waals surface area contributed by atoms with Crippen LogP contribution < -0.4 is 9.47 Å². The third-order valence-corrected chi connectivity index (χ3v) is 2.00. The number of nitrogens with one attached hydrogen (secondary N) is 1. The minimum atomic E-state index is -4.69. The van der Waals surface area contributed by atoms with Gasteiger partial charge in [0.2, 0.25) is 11.8 Å². The fourth-order valence-electron chi connectivity index (χ4n) is 1.22. The second kappa shape index (κ2) is 5.42. The lowest BCUT2D eigenvalue weighted by atomic mass is 10.4. The van der Waals surface area contributed by atoms with Crippen LogP contribution in [0.5, 0.6) is 23.4 Å². The number of H-pyrrole nitrogens is 1. The molecule has 0 atom stereocenters. The van der Waals surface area contributed by atoms with E-state index in [2.05, 4.69) is 19.9 Å². The zero-order chi connectivity index (χ0) is 15.6. The van der Waals surface area contributed by atoms with E-state index in [1.165, 1.54) is 0 Å². The molecule has 11 heteroatoms. The maximum atomic E-state index is 13.0. The summed E-state index contributed by atoms with van der Waals surface area (Å²) in [6.07, 6.45) is -4.69. The van der Waals surface area contributed by atoms with Gasteiger partial charge in [-0.05, 0) is 0 Å². The van der Waals surface area contributed by atoms with Crippen molar-refractivity contribution >= 4 is 0 Å². The molecule has 6 nitrogen and oxygen atoms in total. The number of aromatic hydroxyl groups is 1. The first-order chi connectivity index (χ1) is 9.74. The molecule has 2 rings (SSSR count). The number of aromatic amines is 1. The molecule has 0 saturated heterocycles. The van der Waals surface area contributed by atoms with Crippen molar-refractivity contribution in [1.82, 2.24) is 15.2 Å². The molecule has 0 unspecified atom stereocenters. The standard InChI is InChI=1S/C10H6F5N3O3/c11-4-1-5(20-3-10(13,14)15)9(16-8(4)12)21-7-2-6(19)17-18-7/h1-2H,3H2,(H2,17,18,19). The van der Waals surface area contributed by atoms with E-state index in [1.54, 1.807) is 0 Å². The van der Waals surface area contributed by atoms with Crippen molar-refractivity contribution in [3.8, 4) is 23.4 Å². The molecule has 0 aliphatic rings. The molecule has 2 N–H and O–H groups in total. The molecule has 0 saturated carbocycles. The van der Waals surface area contributed by atoms with E-state index in [1.807, 2.05) is 0 Å². The van der Waals surface area contributed by atoms with Gasteiger partial charge < -0.3 is 14.6 Å². The Bertz CT molecular complexity index is 643.